The van der Waals surface area contributed by atoms with Gasteiger partial charge in [0.15, 0.2) is 0 Å². The summed E-state index contributed by atoms with van der Waals surface area (Å²) in [6, 6.07) is 16.4. The van der Waals surface area contributed by atoms with Crippen LogP contribution >= 0.6 is 11.8 Å². The largest absolute Gasteiger partial charge is 0.480 e. The van der Waals surface area contributed by atoms with Crippen molar-refractivity contribution in [2.45, 2.75) is 40.2 Å². The highest BCUT2D eigenvalue weighted by Gasteiger charge is 2.06. The van der Waals surface area contributed by atoms with E-state index in [4.69, 9.17) is 14.1 Å². The van der Waals surface area contributed by atoms with Gasteiger partial charge >= 0.3 is 5.97 Å². The number of aliphatic carboxylic acids is 1. The Morgan fingerprint density at radius 3 is 2.24 bits per heavy atom. The first kappa shape index (κ1) is 37.6. The van der Waals surface area contributed by atoms with E-state index in [0.29, 0.717) is 19.5 Å². The van der Waals surface area contributed by atoms with Gasteiger partial charge < -0.3 is 20.5 Å². The van der Waals surface area contributed by atoms with Gasteiger partial charge in [-0.15, -0.1) is 0 Å². The van der Waals surface area contributed by atoms with E-state index in [1.807, 2.05) is 49.7 Å². The Hall–Kier alpha value is -2.57. The van der Waals surface area contributed by atoms with Gasteiger partial charge in [-0.2, -0.15) is 11.8 Å². The fourth-order valence-corrected chi connectivity index (χ4v) is 3.27. The summed E-state index contributed by atoms with van der Waals surface area (Å²) in [5, 5.41) is 13.0. The average Bonchev–Trinajstić information content (AvgIpc) is 2.93. The molecular formula is C27H43N3O6S2. The van der Waals surface area contributed by atoms with Crippen molar-refractivity contribution in [3.8, 4) is 11.1 Å². The van der Waals surface area contributed by atoms with E-state index >= 15 is 0 Å². The minimum absolute atomic E-state index is 0.0112. The van der Waals surface area contributed by atoms with Gasteiger partial charge in [0, 0.05) is 19.5 Å². The molecule has 0 radical (unpaired) electrons. The van der Waals surface area contributed by atoms with Crippen LogP contribution < -0.4 is 15.4 Å². The number of hydrogen-bond donors (Lipinski definition) is 4. The number of likely N-dealkylation sites (N-methyl/N-ethyl adjacent to an activating group) is 1. The monoisotopic (exact) mass is 569 g/mol. The van der Waals surface area contributed by atoms with Crippen LogP contribution in [0.15, 0.2) is 48.5 Å². The van der Waals surface area contributed by atoms with E-state index in [1.165, 1.54) is 11.3 Å². The lowest BCUT2D eigenvalue weighted by molar-refractivity contribution is -0.135. The zero-order chi connectivity index (χ0) is 29.2. The van der Waals surface area contributed by atoms with E-state index in [9.17, 15) is 13.8 Å². The molecule has 0 heterocycles. The number of carbonyl (C=O) groups excluding carboxylic acids is 2. The Labute approximate surface area is 234 Å². The number of carbonyl (C=O) groups is 3. The first-order valence-corrected chi connectivity index (χ1v) is 14.6. The van der Waals surface area contributed by atoms with Crippen molar-refractivity contribution in [3.05, 3.63) is 59.7 Å². The predicted molar refractivity (Wildman–Crippen MR) is 158 cm³/mol. The molecule has 0 aromatic heterocycles. The summed E-state index contributed by atoms with van der Waals surface area (Å²) >= 11 is 0.260. The smallest absolute Gasteiger partial charge is 0.317 e. The second kappa shape index (κ2) is 26.1. The highest BCUT2D eigenvalue weighted by atomic mass is 32.2. The van der Waals surface area contributed by atoms with E-state index in [0.717, 1.165) is 23.1 Å². The lowest BCUT2D eigenvalue weighted by Crippen LogP contribution is -2.28. The number of aryl methyl sites for hydroxylation is 1. The Bertz CT molecular complexity index is 915. The van der Waals surface area contributed by atoms with Crippen LogP contribution in [-0.2, 0) is 36.4 Å². The molecule has 1 amide bonds. The zero-order valence-corrected chi connectivity index (χ0v) is 24.7. The van der Waals surface area contributed by atoms with Crippen molar-refractivity contribution in [3.63, 3.8) is 0 Å². The maximum Gasteiger partial charge on any atom is 0.317 e. The minimum Gasteiger partial charge on any atom is -0.480 e. The number of benzene rings is 2. The van der Waals surface area contributed by atoms with Gasteiger partial charge in [-0.05, 0) is 60.7 Å². The van der Waals surface area contributed by atoms with E-state index < -0.39 is 17.2 Å². The Morgan fingerprint density at radius 2 is 1.74 bits per heavy atom. The summed E-state index contributed by atoms with van der Waals surface area (Å²) in [7, 11) is 1.59. The van der Waals surface area contributed by atoms with Gasteiger partial charge in [0.2, 0.25) is 17.2 Å². The van der Waals surface area contributed by atoms with Crippen LogP contribution in [0.4, 0.5) is 0 Å². The summed E-state index contributed by atoms with van der Waals surface area (Å²) in [5.74, 6) is 0.403. The molecule has 0 aliphatic rings. The number of hydrogen-bond acceptors (Lipinski definition) is 7. The molecule has 9 nitrogen and oxygen atoms in total. The van der Waals surface area contributed by atoms with Crippen LogP contribution in [-0.4, -0.2) is 66.7 Å². The first-order chi connectivity index (χ1) is 18.3. The summed E-state index contributed by atoms with van der Waals surface area (Å²) < 4.78 is 19.9. The van der Waals surface area contributed by atoms with E-state index in [1.54, 1.807) is 7.05 Å². The second-order valence-corrected chi connectivity index (χ2v) is 9.64. The summed E-state index contributed by atoms with van der Waals surface area (Å²) in [6.45, 7) is 9.21. The van der Waals surface area contributed by atoms with Crippen molar-refractivity contribution in [1.29, 1.82) is 0 Å². The molecule has 0 spiro atoms. The molecule has 0 aliphatic carbocycles. The van der Waals surface area contributed by atoms with Gasteiger partial charge in [-0.3, -0.25) is 13.8 Å². The molecule has 0 aliphatic heterocycles. The third-order valence-electron chi connectivity index (χ3n) is 4.49. The van der Waals surface area contributed by atoms with E-state index in [2.05, 4.69) is 59.7 Å². The van der Waals surface area contributed by atoms with Gasteiger partial charge in [0.1, 0.15) is 6.79 Å². The van der Waals surface area contributed by atoms with Crippen molar-refractivity contribution in [1.82, 2.24) is 15.4 Å². The molecule has 2 aromatic carbocycles. The highest BCUT2D eigenvalue weighted by molar-refractivity contribution is 7.98. The molecule has 4 N–H and O–H groups in total. The highest BCUT2D eigenvalue weighted by Crippen LogP contribution is 2.24. The van der Waals surface area contributed by atoms with Gasteiger partial charge in [0.05, 0.1) is 13.2 Å². The Morgan fingerprint density at radius 1 is 1.11 bits per heavy atom. The van der Waals surface area contributed by atoms with Crippen LogP contribution in [0.3, 0.4) is 0 Å². The number of carboxylic acid groups (broad SMARTS) is 1. The molecule has 0 bridgehead atoms. The third-order valence-corrected chi connectivity index (χ3v) is 5.83. The maximum absolute atomic E-state index is 11.9. The number of carboxylic acids is 1. The third kappa shape index (κ3) is 20.5. The summed E-state index contributed by atoms with van der Waals surface area (Å²) in [6.07, 6.45) is 3.40. The Kier molecular flexibility index (Phi) is 25.8. The lowest BCUT2D eigenvalue weighted by Gasteiger charge is -2.10. The topological polar surface area (TPSA) is 134 Å². The number of amides is 1. The Balaban J connectivity index is 0. The van der Waals surface area contributed by atoms with Crippen LogP contribution in [0.25, 0.3) is 11.1 Å². The van der Waals surface area contributed by atoms with Crippen LogP contribution in [0, 0.1) is 6.92 Å². The predicted octanol–water partition coefficient (Wildman–Crippen LogP) is 3.74. The molecule has 11 heteroatoms. The second-order valence-electron chi connectivity index (χ2n) is 7.49. The molecule has 38 heavy (non-hydrogen) atoms. The van der Waals surface area contributed by atoms with Crippen LogP contribution in [0.2, 0.25) is 0 Å². The molecule has 0 saturated heterocycles. The van der Waals surface area contributed by atoms with E-state index in [-0.39, 0.29) is 19.1 Å². The molecule has 0 fully saturated rings. The van der Waals surface area contributed by atoms with Crippen molar-refractivity contribution >= 4 is 41.7 Å². The summed E-state index contributed by atoms with van der Waals surface area (Å²) in [4.78, 5) is 28.9. The van der Waals surface area contributed by atoms with Crippen molar-refractivity contribution in [2.75, 3.05) is 38.8 Å². The standard InChI is InChI=1S/C20H26N2O3S.C3H7NO2.C3H8S.CH2O/c1-3-7-20(23)21-12-13-25-26(24)22-15-17-11-10-16(2)19(14-17)18-8-5-4-6-9-18;1-4-2-3(5)6;1-3-4-2;1-2/h4-6,8-11,14,22H,3,7,12-13,15H2,1-2H3,(H,21,23);4H,2H2,1H3,(H,5,6);3H2,1-2H3;1H2. The van der Waals surface area contributed by atoms with Gasteiger partial charge in [-0.1, -0.05) is 56.3 Å². The lowest BCUT2D eigenvalue weighted by atomic mass is 9.98. The van der Waals surface area contributed by atoms with Crippen molar-refractivity contribution in [2.24, 2.45) is 0 Å². The molecule has 2 rings (SSSR count). The molecule has 1 atom stereocenters. The zero-order valence-electron chi connectivity index (χ0n) is 23.1. The maximum atomic E-state index is 11.9. The molecule has 2 aromatic rings. The minimum atomic E-state index is -1.60. The fourth-order valence-electron chi connectivity index (χ4n) is 2.67. The first-order valence-electron chi connectivity index (χ1n) is 12.1. The number of thioether (sulfide) groups is 1. The molecule has 214 valence electrons. The SMILES string of the molecule is C=O.CCCC(=O)NCCOS(=O)NCc1ccc(C)c(-c2ccccc2)c1.CCSC.CNCC(=O)O. The van der Waals surface area contributed by atoms with Crippen molar-refractivity contribution < 1.29 is 27.9 Å². The molecular weight excluding hydrogens is 526 g/mol. The van der Waals surface area contributed by atoms with Gasteiger partial charge in [0.25, 0.3) is 0 Å². The normalized spacial score (nSPS) is 10.3. The summed E-state index contributed by atoms with van der Waals surface area (Å²) in [5.41, 5.74) is 4.55. The van der Waals surface area contributed by atoms with Gasteiger partial charge in [-0.25, -0.2) is 8.93 Å². The fraction of sp³-hybridized carbons (Fsp3) is 0.444. The number of rotatable bonds is 13. The molecule has 0 saturated carbocycles. The average molecular weight is 570 g/mol. The quantitative estimate of drug-likeness (QED) is 0.268. The van der Waals surface area contributed by atoms with Crippen LogP contribution in [0.1, 0.15) is 37.8 Å². The molecule has 1 unspecified atom stereocenters. The van der Waals surface area contributed by atoms with Crippen LogP contribution in [0.5, 0.6) is 0 Å². The number of nitrogens with one attached hydrogen (secondary N) is 3.